The standard InChI is InChI=1S/C18H18ClNO3/c1-13(21)15-9-5-6-10-16(15)17(11-12-19)23-20-18(22)14-7-3-2-4-8-14/h2-10,17H,11-12H2,1H3,(H,20,22). The molecule has 1 unspecified atom stereocenters. The van der Waals surface area contributed by atoms with Crippen LogP contribution in [0.5, 0.6) is 0 Å². The summed E-state index contributed by atoms with van der Waals surface area (Å²) >= 11 is 5.83. The Kier molecular flexibility index (Phi) is 6.32. The van der Waals surface area contributed by atoms with Gasteiger partial charge in [0.1, 0.15) is 6.10 Å². The minimum Gasteiger partial charge on any atom is -0.294 e. The van der Waals surface area contributed by atoms with Gasteiger partial charge in [0.15, 0.2) is 5.78 Å². The van der Waals surface area contributed by atoms with Crippen LogP contribution in [-0.4, -0.2) is 17.6 Å². The molecule has 4 nitrogen and oxygen atoms in total. The number of Topliss-reactive ketones (excluding diaryl/α,β-unsaturated/α-hetero) is 1. The Labute approximate surface area is 140 Å². The van der Waals surface area contributed by atoms with E-state index in [2.05, 4.69) is 5.48 Å². The van der Waals surface area contributed by atoms with Crippen molar-refractivity contribution in [2.24, 2.45) is 0 Å². The fourth-order valence-corrected chi connectivity index (χ4v) is 2.45. The maximum Gasteiger partial charge on any atom is 0.274 e. The first-order valence-electron chi connectivity index (χ1n) is 7.30. The van der Waals surface area contributed by atoms with E-state index < -0.39 is 6.10 Å². The van der Waals surface area contributed by atoms with Crippen LogP contribution in [0.25, 0.3) is 0 Å². The number of hydrogen-bond donors (Lipinski definition) is 1. The molecule has 0 aliphatic heterocycles. The highest BCUT2D eigenvalue weighted by atomic mass is 35.5. The Morgan fingerprint density at radius 2 is 1.74 bits per heavy atom. The van der Waals surface area contributed by atoms with Gasteiger partial charge in [-0.05, 0) is 31.0 Å². The van der Waals surface area contributed by atoms with Crippen molar-refractivity contribution in [2.75, 3.05) is 5.88 Å². The van der Waals surface area contributed by atoms with Crippen molar-refractivity contribution in [3.05, 3.63) is 71.3 Å². The largest absolute Gasteiger partial charge is 0.294 e. The topological polar surface area (TPSA) is 55.4 Å². The van der Waals surface area contributed by atoms with E-state index in [9.17, 15) is 9.59 Å². The Hall–Kier alpha value is -2.17. The average molecular weight is 332 g/mol. The molecule has 0 fully saturated rings. The van der Waals surface area contributed by atoms with Crippen molar-refractivity contribution < 1.29 is 14.4 Å². The van der Waals surface area contributed by atoms with Gasteiger partial charge in [-0.1, -0.05) is 42.5 Å². The molecule has 0 heterocycles. The smallest absolute Gasteiger partial charge is 0.274 e. The number of rotatable bonds is 7. The highest BCUT2D eigenvalue weighted by Crippen LogP contribution is 2.25. The number of halogens is 1. The summed E-state index contributed by atoms with van der Waals surface area (Å²) in [6.45, 7) is 1.50. The minimum absolute atomic E-state index is 0.0573. The zero-order chi connectivity index (χ0) is 16.7. The fraction of sp³-hybridized carbons (Fsp3) is 0.222. The lowest BCUT2D eigenvalue weighted by atomic mass is 9.98. The van der Waals surface area contributed by atoms with Crippen molar-refractivity contribution in [3.8, 4) is 0 Å². The van der Waals surface area contributed by atoms with Crippen molar-refractivity contribution in [1.82, 2.24) is 5.48 Å². The van der Waals surface area contributed by atoms with Gasteiger partial charge in [-0.2, -0.15) is 0 Å². The van der Waals surface area contributed by atoms with E-state index in [1.807, 2.05) is 18.2 Å². The van der Waals surface area contributed by atoms with Gasteiger partial charge in [0.2, 0.25) is 0 Å². The number of hydroxylamine groups is 1. The molecule has 2 aromatic rings. The van der Waals surface area contributed by atoms with Gasteiger partial charge < -0.3 is 0 Å². The molecule has 1 N–H and O–H groups in total. The lowest BCUT2D eigenvalue weighted by Crippen LogP contribution is -2.27. The van der Waals surface area contributed by atoms with Crippen LogP contribution in [0.4, 0.5) is 0 Å². The summed E-state index contributed by atoms with van der Waals surface area (Å²) in [4.78, 5) is 29.4. The Bertz CT molecular complexity index is 673. The van der Waals surface area contributed by atoms with E-state index in [1.54, 1.807) is 36.4 Å². The Morgan fingerprint density at radius 1 is 1.09 bits per heavy atom. The molecule has 0 aliphatic carbocycles. The summed E-state index contributed by atoms with van der Waals surface area (Å²) < 4.78 is 0. The van der Waals surface area contributed by atoms with Crippen molar-refractivity contribution >= 4 is 23.3 Å². The molecule has 0 radical (unpaired) electrons. The summed E-state index contributed by atoms with van der Waals surface area (Å²) in [5.74, 6) is -0.0541. The Balaban J connectivity index is 2.14. The first kappa shape index (κ1) is 17.2. The molecule has 1 amide bonds. The van der Waals surface area contributed by atoms with Crippen LogP contribution < -0.4 is 5.48 Å². The molecule has 0 aromatic heterocycles. The summed E-state index contributed by atoms with van der Waals surface area (Å²) in [6, 6.07) is 15.9. The summed E-state index contributed by atoms with van der Waals surface area (Å²) in [5, 5.41) is 0. The number of carbonyl (C=O) groups excluding carboxylic acids is 2. The zero-order valence-corrected chi connectivity index (χ0v) is 13.5. The molecule has 1 atom stereocenters. The lowest BCUT2D eigenvalue weighted by Gasteiger charge is -2.19. The molecular weight excluding hydrogens is 314 g/mol. The van der Waals surface area contributed by atoms with Gasteiger partial charge in [-0.25, -0.2) is 5.48 Å². The van der Waals surface area contributed by atoms with Crippen LogP contribution in [0.2, 0.25) is 0 Å². The lowest BCUT2D eigenvalue weighted by molar-refractivity contribution is -0.0188. The van der Waals surface area contributed by atoms with E-state index >= 15 is 0 Å². The van der Waals surface area contributed by atoms with E-state index in [0.717, 1.165) is 0 Å². The molecule has 2 aromatic carbocycles. The van der Waals surface area contributed by atoms with Crippen LogP contribution in [0.1, 0.15) is 45.7 Å². The molecule has 5 heteroatoms. The first-order chi connectivity index (χ1) is 11.1. The molecule has 0 saturated carbocycles. The summed E-state index contributed by atoms with van der Waals surface area (Å²) in [7, 11) is 0. The fourth-order valence-electron chi connectivity index (χ4n) is 2.25. The molecule has 23 heavy (non-hydrogen) atoms. The van der Waals surface area contributed by atoms with Crippen molar-refractivity contribution in [1.29, 1.82) is 0 Å². The van der Waals surface area contributed by atoms with Gasteiger partial charge in [0.05, 0.1) is 0 Å². The van der Waals surface area contributed by atoms with E-state index in [1.165, 1.54) is 6.92 Å². The highest BCUT2D eigenvalue weighted by molar-refractivity contribution is 6.17. The molecule has 0 bridgehead atoms. The van der Waals surface area contributed by atoms with Crippen LogP contribution in [0, 0.1) is 0 Å². The number of benzene rings is 2. The molecule has 0 aliphatic rings. The number of amides is 1. The monoisotopic (exact) mass is 331 g/mol. The number of hydrogen-bond acceptors (Lipinski definition) is 3. The predicted molar refractivity (Wildman–Crippen MR) is 89.5 cm³/mol. The highest BCUT2D eigenvalue weighted by Gasteiger charge is 2.19. The van der Waals surface area contributed by atoms with Crippen LogP contribution in [0.3, 0.4) is 0 Å². The second kappa shape index (κ2) is 8.46. The summed E-state index contributed by atoms with van der Waals surface area (Å²) in [5.41, 5.74) is 4.22. The van der Waals surface area contributed by atoms with Gasteiger partial charge in [0, 0.05) is 17.0 Å². The minimum atomic E-state index is -0.486. The van der Waals surface area contributed by atoms with Crippen LogP contribution >= 0.6 is 11.6 Å². The number of carbonyl (C=O) groups is 2. The van der Waals surface area contributed by atoms with Gasteiger partial charge in [-0.3, -0.25) is 14.4 Å². The predicted octanol–water partition coefficient (Wildman–Crippen LogP) is 3.92. The molecule has 2 rings (SSSR count). The molecule has 120 valence electrons. The van der Waals surface area contributed by atoms with E-state index in [0.29, 0.717) is 29.0 Å². The molecule has 0 spiro atoms. The van der Waals surface area contributed by atoms with Crippen LogP contribution in [-0.2, 0) is 4.84 Å². The normalized spacial score (nSPS) is 11.7. The number of ketones is 1. The van der Waals surface area contributed by atoms with Gasteiger partial charge in [0.25, 0.3) is 5.91 Å². The van der Waals surface area contributed by atoms with Crippen LogP contribution in [0.15, 0.2) is 54.6 Å². The first-order valence-corrected chi connectivity index (χ1v) is 7.83. The Morgan fingerprint density at radius 3 is 2.39 bits per heavy atom. The average Bonchev–Trinajstić information content (AvgIpc) is 2.59. The third-order valence-corrected chi connectivity index (χ3v) is 3.61. The third kappa shape index (κ3) is 4.65. The summed E-state index contributed by atoms with van der Waals surface area (Å²) in [6.07, 6.45) is -0.0127. The molecular formula is C18H18ClNO3. The second-order valence-electron chi connectivity index (χ2n) is 5.02. The second-order valence-corrected chi connectivity index (χ2v) is 5.40. The zero-order valence-electron chi connectivity index (χ0n) is 12.8. The third-order valence-electron chi connectivity index (χ3n) is 3.39. The maximum atomic E-state index is 12.1. The van der Waals surface area contributed by atoms with E-state index in [4.69, 9.17) is 16.4 Å². The van der Waals surface area contributed by atoms with Crippen molar-refractivity contribution in [3.63, 3.8) is 0 Å². The number of nitrogens with one attached hydrogen (secondary N) is 1. The van der Waals surface area contributed by atoms with Crippen molar-refractivity contribution in [2.45, 2.75) is 19.4 Å². The SMILES string of the molecule is CC(=O)c1ccccc1C(CCCl)ONC(=O)c1ccccc1. The van der Waals surface area contributed by atoms with Gasteiger partial charge in [-0.15, -0.1) is 11.6 Å². The van der Waals surface area contributed by atoms with Gasteiger partial charge >= 0.3 is 0 Å². The van der Waals surface area contributed by atoms with E-state index in [-0.39, 0.29) is 11.7 Å². The quantitative estimate of drug-likeness (QED) is 0.475. The molecule has 0 saturated heterocycles. The number of alkyl halides is 1. The maximum absolute atomic E-state index is 12.1.